The van der Waals surface area contributed by atoms with E-state index in [2.05, 4.69) is 32.1 Å². The van der Waals surface area contributed by atoms with Crippen LogP contribution in [0.15, 0.2) is 48.0 Å². The van der Waals surface area contributed by atoms with Crippen molar-refractivity contribution in [3.63, 3.8) is 0 Å². The molecule has 0 aliphatic carbocycles. The number of hydrogen-bond acceptors (Lipinski definition) is 7. The second-order valence-electron chi connectivity index (χ2n) is 7.32. The minimum Gasteiger partial charge on any atom is -0.346 e. The van der Waals surface area contributed by atoms with Crippen molar-refractivity contribution in [3.8, 4) is 0 Å². The van der Waals surface area contributed by atoms with Gasteiger partial charge in [-0.3, -0.25) is 14.2 Å². The molecule has 0 spiro atoms. The van der Waals surface area contributed by atoms with Crippen LogP contribution in [0.1, 0.15) is 35.8 Å². The zero-order valence-electron chi connectivity index (χ0n) is 16.7. The molecule has 0 atom stereocenters. The van der Waals surface area contributed by atoms with E-state index >= 15 is 0 Å². The highest BCUT2D eigenvalue weighted by Crippen LogP contribution is 2.24. The predicted octanol–water partition coefficient (Wildman–Crippen LogP) is 1.31. The number of imidazole rings is 1. The molecule has 4 rings (SSSR count). The van der Waals surface area contributed by atoms with Crippen LogP contribution in [0, 0.1) is 0 Å². The molecule has 1 aliphatic rings. The number of aromatic nitrogens is 4. The highest BCUT2D eigenvalue weighted by molar-refractivity contribution is 7.92. The summed E-state index contributed by atoms with van der Waals surface area (Å²) in [5, 5.41) is 2.41. The molecular weight excluding hydrogens is 404 g/mol. The van der Waals surface area contributed by atoms with Crippen molar-refractivity contribution in [2.75, 3.05) is 19.6 Å². The van der Waals surface area contributed by atoms with Crippen molar-refractivity contribution >= 4 is 21.5 Å². The van der Waals surface area contributed by atoms with Crippen molar-refractivity contribution in [1.29, 1.82) is 0 Å². The summed E-state index contributed by atoms with van der Waals surface area (Å²) >= 11 is 0. The number of rotatable bonds is 6. The van der Waals surface area contributed by atoms with Crippen LogP contribution in [0.4, 0.5) is 0 Å². The van der Waals surface area contributed by atoms with Gasteiger partial charge in [0.05, 0.1) is 27.9 Å². The van der Waals surface area contributed by atoms with E-state index in [-0.39, 0.29) is 22.6 Å². The minimum atomic E-state index is -3.39. The zero-order chi connectivity index (χ0) is 21.1. The Morgan fingerprint density at radius 2 is 1.97 bits per heavy atom. The van der Waals surface area contributed by atoms with E-state index in [1.807, 2.05) is 0 Å². The minimum absolute atomic E-state index is 0.190. The van der Waals surface area contributed by atoms with Crippen LogP contribution in [-0.2, 0) is 16.4 Å². The maximum Gasteiger partial charge on any atom is 0.254 e. The molecule has 1 N–H and O–H groups in total. The van der Waals surface area contributed by atoms with Crippen molar-refractivity contribution in [2.24, 2.45) is 0 Å². The maximum atomic E-state index is 12.9. The monoisotopic (exact) mass is 428 g/mol. The number of piperidine rings is 1. The number of pyridine rings is 1. The van der Waals surface area contributed by atoms with Crippen LogP contribution in [0.25, 0.3) is 5.78 Å². The molecule has 1 amide bonds. The molecule has 0 aromatic carbocycles. The first-order valence-electron chi connectivity index (χ1n) is 9.95. The Morgan fingerprint density at radius 1 is 1.17 bits per heavy atom. The predicted molar refractivity (Wildman–Crippen MR) is 111 cm³/mol. The normalized spacial score (nSPS) is 16.0. The first kappa shape index (κ1) is 20.4. The number of carbonyl (C=O) groups is 1. The molecule has 0 saturated carbocycles. The Kier molecular flexibility index (Phi) is 5.78. The molecule has 30 heavy (non-hydrogen) atoms. The Hall–Kier alpha value is -2.85. The largest absolute Gasteiger partial charge is 0.346 e. The third-order valence-corrected chi connectivity index (χ3v) is 7.73. The third kappa shape index (κ3) is 4.19. The van der Waals surface area contributed by atoms with Gasteiger partial charge in [0.2, 0.25) is 5.78 Å². The van der Waals surface area contributed by atoms with Crippen LogP contribution in [0.5, 0.6) is 0 Å². The fourth-order valence-electron chi connectivity index (χ4n) is 3.62. The lowest BCUT2D eigenvalue weighted by Gasteiger charge is -2.30. The van der Waals surface area contributed by atoms with Gasteiger partial charge in [0.25, 0.3) is 5.91 Å². The Labute approximate surface area is 175 Å². The summed E-state index contributed by atoms with van der Waals surface area (Å²) < 4.78 is 27.4. The number of likely N-dealkylation sites (tertiary alicyclic amines) is 1. The SMILES string of the molecule is CCN1CCC(S(=O)(=O)c2ccc(CNC(=O)c3cnc4nccn4c3)nc2)CC1. The summed E-state index contributed by atoms with van der Waals surface area (Å²) in [4.78, 5) is 27.3. The molecule has 3 aromatic rings. The quantitative estimate of drug-likeness (QED) is 0.630. The summed E-state index contributed by atoms with van der Waals surface area (Å²) in [6.07, 6.45) is 9.11. The first-order chi connectivity index (χ1) is 14.5. The van der Waals surface area contributed by atoms with Gasteiger partial charge in [0.15, 0.2) is 9.84 Å². The number of nitrogens with one attached hydrogen (secondary N) is 1. The molecule has 1 aliphatic heterocycles. The summed E-state index contributed by atoms with van der Waals surface area (Å²) in [6, 6.07) is 3.22. The molecular formula is C20H24N6O3S. The highest BCUT2D eigenvalue weighted by atomic mass is 32.2. The molecule has 9 nitrogen and oxygen atoms in total. The lowest BCUT2D eigenvalue weighted by Crippen LogP contribution is -2.39. The number of nitrogens with zero attached hydrogens (tertiary/aromatic N) is 5. The smallest absolute Gasteiger partial charge is 0.254 e. The van der Waals surface area contributed by atoms with Gasteiger partial charge in [0, 0.05) is 31.0 Å². The number of amides is 1. The molecule has 4 heterocycles. The summed E-state index contributed by atoms with van der Waals surface area (Å²) in [5.41, 5.74) is 0.984. The van der Waals surface area contributed by atoms with Gasteiger partial charge < -0.3 is 10.2 Å². The molecule has 0 bridgehead atoms. The molecule has 0 unspecified atom stereocenters. The van der Waals surface area contributed by atoms with Crippen molar-refractivity contribution in [2.45, 2.75) is 36.5 Å². The number of sulfone groups is 1. The fourth-order valence-corrected chi connectivity index (χ4v) is 5.29. The summed E-state index contributed by atoms with van der Waals surface area (Å²) in [5.74, 6) is 0.227. The van der Waals surface area contributed by atoms with Gasteiger partial charge in [0.1, 0.15) is 0 Å². The van der Waals surface area contributed by atoms with Crippen LogP contribution < -0.4 is 5.32 Å². The van der Waals surface area contributed by atoms with Gasteiger partial charge >= 0.3 is 0 Å². The fraction of sp³-hybridized carbons (Fsp3) is 0.400. The Balaban J connectivity index is 1.38. The lowest BCUT2D eigenvalue weighted by molar-refractivity contribution is 0.0949. The van der Waals surface area contributed by atoms with E-state index < -0.39 is 9.84 Å². The van der Waals surface area contributed by atoms with Gasteiger partial charge in [-0.2, -0.15) is 0 Å². The van der Waals surface area contributed by atoms with E-state index in [4.69, 9.17) is 0 Å². The van der Waals surface area contributed by atoms with Crippen LogP contribution >= 0.6 is 0 Å². The topological polar surface area (TPSA) is 110 Å². The van der Waals surface area contributed by atoms with Crippen molar-refractivity contribution < 1.29 is 13.2 Å². The van der Waals surface area contributed by atoms with E-state index in [9.17, 15) is 13.2 Å². The van der Waals surface area contributed by atoms with E-state index in [0.29, 0.717) is 29.9 Å². The average Bonchev–Trinajstić information content (AvgIpc) is 3.25. The van der Waals surface area contributed by atoms with Gasteiger partial charge in [-0.15, -0.1) is 0 Å². The average molecular weight is 429 g/mol. The van der Waals surface area contributed by atoms with Crippen molar-refractivity contribution in [1.82, 2.24) is 29.6 Å². The van der Waals surface area contributed by atoms with Crippen LogP contribution in [-0.4, -0.2) is 63.5 Å². The van der Waals surface area contributed by atoms with Crippen LogP contribution in [0.3, 0.4) is 0 Å². The standard InChI is InChI=1S/C20H24N6O3S/c1-2-25-8-5-17(6-9-25)30(28,29)18-4-3-16(22-13-18)12-23-19(27)15-11-24-20-21-7-10-26(20)14-15/h3-4,7,10-11,13-14,17H,2,5-6,8-9,12H2,1H3,(H,23,27). The van der Waals surface area contributed by atoms with Crippen molar-refractivity contribution in [3.05, 3.63) is 54.4 Å². The molecule has 10 heteroatoms. The molecule has 0 radical (unpaired) electrons. The van der Waals surface area contributed by atoms with Crippen LogP contribution in [0.2, 0.25) is 0 Å². The Morgan fingerprint density at radius 3 is 2.67 bits per heavy atom. The summed E-state index contributed by atoms with van der Waals surface area (Å²) in [6.45, 7) is 4.83. The zero-order valence-corrected chi connectivity index (χ0v) is 17.5. The first-order valence-corrected chi connectivity index (χ1v) is 11.5. The second kappa shape index (κ2) is 8.49. The molecule has 1 fully saturated rings. The molecule has 3 aromatic heterocycles. The molecule has 158 valence electrons. The van der Waals surface area contributed by atoms with Gasteiger partial charge in [-0.05, 0) is 44.6 Å². The highest BCUT2D eigenvalue weighted by Gasteiger charge is 2.31. The Bertz CT molecular complexity index is 1130. The van der Waals surface area contributed by atoms with E-state index in [1.54, 1.807) is 35.1 Å². The second-order valence-corrected chi connectivity index (χ2v) is 9.55. The van der Waals surface area contributed by atoms with E-state index in [1.165, 1.54) is 12.4 Å². The van der Waals surface area contributed by atoms with E-state index in [0.717, 1.165) is 19.6 Å². The lowest BCUT2D eigenvalue weighted by atomic mass is 10.1. The summed E-state index contributed by atoms with van der Waals surface area (Å²) in [7, 11) is -3.39. The van der Waals surface area contributed by atoms with Gasteiger partial charge in [-0.25, -0.2) is 18.4 Å². The molecule has 1 saturated heterocycles. The number of carbonyl (C=O) groups excluding carboxylic acids is 1. The number of hydrogen-bond donors (Lipinski definition) is 1. The third-order valence-electron chi connectivity index (χ3n) is 5.48. The maximum absolute atomic E-state index is 12.9. The number of fused-ring (bicyclic) bond motifs is 1. The van der Waals surface area contributed by atoms with Gasteiger partial charge in [-0.1, -0.05) is 6.92 Å².